The number of aromatic hydroxyl groups is 2. The molecule has 0 aliphatic rings. The summed E-state index contributed by atoms with van der Waals surface area (Å²) in [5.41, 5.74) is 4.72. The van der Waals surface area contributed by atoms with Crippen LogP contribution >= 0.6 is 22.6 Å². The van der Waals surface area contributed by atoms with E-state index in [-0.39, 0.29) is 0 Å². The standard InChI is InChI=1S/C18H21IO2/c1-4-5-15(14-7-6-13(20)8-11(14)2)16-10-17(19)18(21)9-12(16)3/h6-10,15,20-21H,4-5H2,1-3H3. The molecule has 0 spiro atoms. The van der Waals surface area contributed by atoms with Crippen molar-refractivity contribution in [1.29, 1.82) is 0 Å². The second-order valence-corrected chi connectivity index (χ2v) is 6.70. The molecule has 0 aliphatic carbocycles. The van der Waals surface area contributed by atoms with E-state index < -0.39 is 0 Å². The maximum atomic E-state index is 9.86. The number of halogens is 1. The number of phenolic OH excluding ortho intramolecular Hbond substituents is 2. The predicted octanol–water partition coefficient (Wildman–Crippen LogP) is 5.25. The molecule has 3 heteroatoms. The van der Waals surface area contributed by atoms with Crippen molar-refractivity contribution in [3.63, 3.8) is 0 Å². The molecule has 2 aromatic rings. The highest BCUT2D eigenvalue weighted by atomic mass is 127. The average Bonchev–Trinajstić information content (AvgIpc) is 2.41. The lowest BCUT2D eigenvalue weighted by Gasteiger charge is -2.22. The molecule has 1 unspecified atom stereocenters. The molecule has 0 aliphatic heterocycles. The molecule has 0 bridgehead atoms. The zero-order valence-corrected chi connectivity index (χ0v) is 14.8. The molecular formula is C18H21IO2. The topological polar surface area (TPSA) is 40.5 Å². The number of hydrogen-bond donors (Lipinski definition) is 2. The Morgan fingerprint density at radius 2 is 1.67 bits per heavy atom. The first-order chi connectivity index (χ1) is 9.93. The van der Waals surface area contributed by atoms with Gasteiger partial charge in [0.05, 0.1) is 3.57 Å². The van der Waals surface area contributed by atoms with Gasteiger partial charge in [0.2, 0.25) is 0 Å². The van der Waals surface area contributed by atoms with Gasteiger partial charge in [-0.05, 0) is 89.4 Å². The summed E-state index contributed by atoms with van der Waals surface area (Å²) in [5.74, 6) is 0.947. The van der Waals surface area contributed by atoms with Gasteiger partial charge in [0.1, 0.15) is 11.5 Å². The fourth-order valence-corrected chi connectivity index (χ4v) is 3.37. The maximum Gasteiger partial charge on any atom is 0.129 e. The monoisotopic (exact) mass is 396 g/mol. The van der Waals surface area contributed by atoms with Gasteiger partial charge in [0.25, 0.3) is 0 Å². The lowest BCUT2D eigenvalue weighted by molar-refractivity contribution is 0.470. The highest BCUT2D eigenvalue weighted by Gasteiger charge is 2.19. The quantitative estimate of drug-likeness (QED) is 0.693. The zero-order valence-electron chi connectivity index (χ0n) is 12.7. The van der Waals surface area contributed by atoms with Crippen molar-refractivity contribution in [2.24, 2.45) is 0 Å². The minimum Gasteiger partial charge on any atom is -0.508 e. The zero-order chi connectivity index (χ0) is 15.6. The van der Waals surface area contributed by atoms with Gasteiger partial charge in [-0.2, -0.15) is 0 Å². The van der Waals surface area contributed by atoms with E-state index in [9.17, 15) is 10.2 Å². The molecule has 1 atom stereocenters. The van der Waals surface area contributed by atoms with Crippen LogP contribution in [0.25, 0.3) is 0 Å². The fraction of sp³-hybridized carbons (Fsp3) is 0.333. The Bertz CT molecular complexity index is 650. The molecule has 0 radical (unpaired) electrons. The van der Waals surface area contributed by atoms with Crippen LogP contribution in [-0.2, 0) is 0 Å². The number of rotatable bonds is 4. The van der Waals surface area contributed by atoms with Crippen LogP contribution < -0.4 is 0 Å². The normalized spacial score (nSPS) is 12.4. The number of phenols is 2. The van der Waals surface area contributed by atoms with E-state index in [0.29, 0.717) is 17.4 Å². The highest BCUT2D eigenvalue weighted by molar-refractivity contribution is 14.1. The number of aryl methyl sites for hydroxylation is 2. The number of benzene rings is 2. The molecule has 2 rings (SSSR count). The third kappa shape index (κ3) is 3.51. The minimum absolute atomic E-state index is 0.296. The summed E-state index contributed by atoms with van der Waals surface area (Å²) in [6.45, 7) is 6.27. The van der Waals surface area contributed by atoms with Crippen LogP contribution in [0.15, 0.2) is 30.3 Å². The molecule has 2 nitrogen and oxygen atoms in total. The van der Waals surface area contributed by atoms with Crippen molar-refractivity contribution >= 4 is 22.6 Å². The second kappa shape index (κ2) is 6.69. The Labute approximate surface area is 140 Å². The van der Waals surface area contributed by atoms with Crippen LogP contribution in [-0.4, -0.2) is 10.2 Å². The van der Waals surface area contributed by atoms with Crippen molar-refractivity contribution in [3.05, 3.63) is 56.2 Å². The van der Waals surface area contributed by atoms with Gasteiger partial charge in [0, 0.05) is 5.92 Å². The molecule has 0 saturated carbocycles. The van der Waals surface area contributed by atoms with Gasteiger partial charge in [0.15, 0.2) is 0 Å². The van der Waals surface area contributed by atoms with Crippen molar-refractivity contribution in [2.45, 2.75) is 39.5 Å². The summed E-state index contributed by atoms with van der Waals surface area (Å²) in [4.78, 5) is 0. The molecule has 0 aromatic heterocycles. The molecule has 112 valence electrons. The third-order valence-electron chi connectivity index (χ3n) is 3.92. The Balaban J connectivity index is 2.55. The Kier molecular flexibility index (Phi) is 5.14. The lowest BCUT2D eigenvalue weighted by atomic mass is 9.83. The molecule has 0 fully saturated rings. The van der Waals surface area contributed by atoms with Gasteiger partial charge >= 0.3 is 0 Å². The first-order valence-corrected chi connectivity index (χ1v) is 8.30. The van der Waals surface area contributed by atoms with Gasteiger partial charge in [-0.1, -0.05) is 19.4 Å². The predicted molar refractivity (Wildman–Crippen MR) is 95.2 cm³/mol. The summed E-state index contributed by atoms with van der Waals surface area (Å²) < 4.78 is 0.880. The molecular weight excluding hydrogens is 375 g/mol. The van der Waals surface area contributed by atoms with Crippen LogP contribution in [0.2, 0.25) is 0 Å². The van der Waals surface area contributed by atoms with Gasteiger partial charge in [-0.15, -0.1) is 0 Å². The number of hydrogen-bond acceptors (Lipinski definition) is 2. The summed E-state index contributed by atoms with van der Waals surface area (Å²) in [7, 11) is 0. The Morgan fingerprint density at radius 3 is 2.29 bits per heavy atom. The highest BCUT2D eigenvalue weighted by Crippen LogP contribution is 2.37. The summed E-state index contributed by atoms with van der Waals surface area (Å²) in [6, 6.07) is 9.52. The van der Waals surface area contributed by atoms with Crippen LogP contribution in [0.3, 0.4) is 0 Å². The summed E-state index contributed by atoms with van der Waals surface area (Å²) in [5, 5.41) is 19.5. The van der Waals surface area contributed by atoms with Gasteiger partial charge in [-0.3, -0.25) is 0 Å². The molecule has 0 heterocycles. The molecule has 0 amide bonds. The lowest BCUT2D eigenvalue weighted by Crippen LogP contribution is -2.05. The Hall–Kier alpha value is -1.23. The van der Waals surface area contributed by atoms with Crippen molar-refractivity contribution < 1.29 is 10.2 Å². The van der Waals surface area contributed by atoms with Crippen LogP contribution in [0.4, 0.5) is 0 Å². The smallest absolute Gasteiger partial charge is 0.129 e. The van der Waals surface area contributed by atoms with E-state index in [2.05, 4.69) is 35.6 Å². The van der Waals surface area contributed by atoms with Crippen LogP contribution in [0, 0.1) is 17.4 Å². The van der Waals surface area contributed by atoms with E-state index in [1.165, 1.54) is 11.1 Å². The molecule has 2 aromatic carbocycles. The molecule has 0 saturated heterocycles. The van der Waals surface area contributed by atoms with E-state index in [1.54, 1.807) is 6.07 Å². The fourth-order valence-electron chi connectivity index (χ4n) is 2.88. The van der Waals surface area contributed by atoms with Crippen molar-refractivity contribution in [1.82, 2.24) is 0 Å². The van der Waals surface area contributed by atoms with E-state index >= 15 is 0 Å². The molecule has 2 N–H and O–H groups in total. The third-order valence-corrected chi connectivity index (χ3v) is 4.78. The minimum atomic E-state index is 0.296. The van der Waals surface area contributed by atoms with E-state index in [4.69, 9.17) is 0 Å². The van der Waals surface area contributed by atoms with Crippen molar-refractivity contribution in [2.75, 3.05) is 0 Å². The molecule has 21 heavy (non-hydrogen) atoms. The summed E-state index contributed by atoms with van der Waals surface area (Å²) >= 11 is 2.17. The largest absolute Gasteiger partial charge is 0.508 e. The van der Waals surface area contributed by atoms with Gasteiger partial charge < -0.3 is 10.2 Å². The van der Waals surface area contributed by atoms with Crippen LogP contribution in [0.1, 0.15) is 47.9 Å². The Morgan fingerprint density at radius 1 is 1.00 bits per heavy atom. The SMILES string of the molecule is CCCC(c1ccc(O)cc1C)c1cc(I)c(O)cc1C. The first-order valence-electron chi connectivity index (χ1n) is 7.22. The maximum absolute atomic E-state index is 9.86. The summed E-state index contributed by atoms with van der Waals surface area (Å²) in [6.07, 6.45) is 2.13. The second-order valence-electron chi connectivity index (χ2n) is 5.54. The van der Waals surface area contributed by atoms with Gasteiger partial charge in [-0.25, -0.2) is 0 Å². The van der Waals surface area contributed by atoms with Crippen molar-refractivity contribution in [3.8, 4) is 11.5 Å². The first kappa shape index (κ1) is 16.1. The average molecular weight is 396 g/mol. The van der Waals surface area contributed by atoms with E-state index in [0.717, 1.165) is 27.5 Å². The van der Waals surface area contributed by atoms with Crippen LogP contribution in [0.5, 0.6) is 11.5 Å². The van der Waals surface area contributed by atoms with E-state index in [1.807, 2.05) is 32.0 Å².